The second-order valence-corrected chi connectivity index (χ2v) is 5.76. The molecule has 5 heteroatoms. The molecule has 1 aliphatic rings. The maximum Gasteiger partial charge on any atom is 0.220 e. The molecule has 0 saturated heterocycles. The van der Waals surface area contributed by atoms with E-state index in [4.69, 9.17) is 0 Å². The van der Waals surface area contributed by atoms with Gasteiger partial charge >= 0.3 is 0 Å². The molecule has 100 valence electrons. The molecule has 1 heterocycles. The summed E-state index contributed by atoms with van der Waals surface area (Å²) in [5, 5.41) is 7.37. The molecule has 1 fully saturated rings. The number of amides is 1. The lowest BCUT2D eigenvalue weighted by Gasteiger charge is -2.06. The Labute approximate surface area is 116 Å². The highest BCUT2D eigenvalue weighted by Gasteiger charge is 2.23. The van der Waals surface area contributed by atoms with E-state index in [1.807, 2.05) is 12.1 Å². The van der Waals surface area contributed by atoms with E-state index in [-0.39, 0.29) is 5.91 Å². The van der Waals surface area contributed by atoms with Crippen LogP contribution in [0, 0.1) is 5.92 Å². The van der Waals surface area contributed by atoms with Gasteiger partial charge in [-0.3, -0.25) is 4.79 Å². The van der Waals surface area contributed by atoms with Gasteiger partial charge in [-0.2, -0.15) is 4.37 Å². The zero-order valence-electron chi connectivity index (χ0n) is 10.7. The van der Waals surface area contributed by atoms with E-state index in [0.29, 0.717) is 25.4 Å². The topological polar surface area (TPSA) is 54.0 Å². The van der Waals surface area contributed by atoms with Crippen molar-refractivity contribution in [3.05, 3.63) is 24.3 Å². The van der Waals surface area contributed by atoms with Crippen LogP contribution >= 0.6 is 11.5 Å². The van der Waals surface area contributed by atoms with Crippen molar-refractivity contribution in [1.82, 2.24) is 9.69 Å². The quantitative estimate of drug-likeness (QED) is 0.797. The molecule has 0 unspecified atom stereocenters. The highest BCUT2D eigenvalue weighted by molar-refractivity contribution is 7.13. The lowest BCUT2D eigenvalue weighted by atomic mass is 10.2. The standard InChI is InChI=1S/C14H17N3OS/c18-13(9-10-5-6-10)15-7-8-16-14-11-3-1-2-4-12(11)19-17-14/h1-4,10H,5-9H2,(H,15,18)(H,16,17). The maximum atomic E-state index is 11.5. The molecule has 0 radical (unpaired) electrons. The van der Waals surface area contributed by atoms with E-state index in [0.717, 1.165) is 11.2 Å². The Kier molecular flexibility index (Phi) is 3.64. The van der Waals surface area contributed by atoms with E-state index in [1.54, 1.807) is 0 Å². The summed E-state index contributed by atoms with van der Waals surface area (Å²) in [5.74, 6) is 1.74. The fourth-order valence-corrected chi connectivity index (χ4v) is 2.81. The van der Waals surface area contributed by atoms with Crippen molar-refractivity contribution in [2.75, 3.05) is 18.4 Å². The fraction of sp³-hybridized carbons (Fsp3) is 0.429. The van der Waals surface area contributed by atoms with Crippen LogP contribution in [-0.4, -0.2) is 23.4 Å². The number of rotatable bonds is 6. The maximum absolute atomic E-state index is 11.5. The molecule has 1 amide bonds. The van der Waals surface area contributed by atoms with Gasteiger partial charge in [-0.25, -0.2) is 0 Å². The summed E-state index contributed by atoms with van der Waals surface area (Å²) in [4.78, 5) is 11.5. The number of carbonyl (C=O) groups excluding carboxylic acids is 1. The van der Waals surface area contributed by atoms with E-state index < -0.39 is 0 Å². The Morgan fingerprint density at radius 2 is 2.16 bits per heavy atom. The van der Waals surface area contributed by atoms with E-state index in [2.05, 4.69) is 27.1 Å². The molecular weight excluding hydrogens is 258 g/mol. The van der Waals surface area contributed by atoms with E-state index in [9.17, 15) is 4.79 Å². The minimum absolute atomic E-state index is 0.174. The molecule has 3 rings (SSSR count). The van der Waals surface area contributed by atoms with E-state index in [1.165, 1.54) is 29.1 Å². The SMILES string of the molecule is O=C(CC1CC1)NCCNc1nsc2ccccc12. The third-order valence-corrected chi connectivity index (χ3v) is 4.11. The Balaban J connectivity index is 1.45. The molecule has 2 N–H and O–H groups in total. The monoisotopic (exact) mass is 275 g/mol. The van der Waals surface area contributed by atoms with Crippen molar-refractivity contribution >= 4 is 33.3 Å². The van der Waals surface area contributed by atoms with Gasteiger partial charge in [-0.1, -0.05) is 12.1 Å². The largest absolute Gasteiger partial charge is 0.367 e. The van der Waals surface area contributed by atoms with Gasteiger partial charge in [0.2, 0.25) is 5.91 Å². The summed E-state index contributed by atoms with van der Waals surface area (Å²) in [7, 11) is 0. The summed E-state index contributed by atoms with van der Waals surface area (Å²) in [6.45, 7) is 1.36. The summed E-state index contributed by atoms with van der Waals surface area (Å²) in [5.41, 5.74) is 0. The molecule has 1 aromatic heterocycles. The van der Waals surface area contributed by atoms with Crippen molar-refractivity contribution < 1.29 is 4.79 Å². The molecule has 0 atom stereocenters. The highest BCUT2D eigenvalue weighted by Crippen LogP contribution is 2.32. The van der Waals surface area contributed by atoms with Crippen LogP contribution in [-0.2, 0) is 4.79 Å². The van der Waals surface area contributed by atoms with Crippen LogP contribution in [0.1, 0.15) is 19.3 Å². The highest BCUT2D eigenvalue weighted by atomic mass is 32.1. The molecule has 0 aliphatic heterocycles. The normalized spacial score (nSPS) is 14.5. The first-order valence-corrected chi connectivity index (χ1v) is 7.45. The van der Waals surface area contributed by atoms with Crippen molar-refractivity contribution in [1.29, 1.82) is 0 Å². The minimum Gasteiger partial charge on any atom is -0.367 e. The zero-order valence-corrected chi connectivity index (χ0v) is 11.5. The van der Waals surface area contributed by atoms with Gasteiger partial charge in [0, 0.05) is 24.9 Å². The van der Waals surface area contributed by atoms with Crippen molar-refractivity contribution in [2.45, 2.75) is 19.3 Å². The lowest BCUT2D eigenvalue weighted by molar-refractivity contribution is -0.121. The summed E-state index contributed by atoms with van der Waals surface area (Å²) >= 11 is 1.50. The fourth-order valence-electron chi connectivity index (χ4n) is 2.05. The molecule has 4 nitrogen and oxygen atoms in total. The number of anilines is 1. The van der Waals surface area contributed by atoms with Gasteiger partial charge in [-0.05, 0) is 42.4 Å². The van der Waals surface area contributed by atoms with Crippen molar-refractivity contribution in [3.8, 4) is 0 Å². The molecule has 0 bridgehead atoms. The van der Waals surface area contributed by atoms with Crippen LogP contribution in [0.15, 0.2) is 24.3 Å². The Hall–Kier alpha value is -1.62. The molecule has 19 heavy (non-hydrogen) atoms. The number of hydrogen-bond donors (Lipinski definition) is 2. The second-order valence-electron chi connectivity index (χ2n) is 4.95. The van der Waals surface area contributed by atoms with Crippen LogP contribution in [0.4, 0.5) is 5.82 Å². The molecule has 1 saturated carbocycles. The van der Waals surface area contributed by atoms with Gasteiger partial charge in [0.15, 0.2) is 0 Å². The van der Waals surface area contributed by atoms with Gasteiger partial charge < -0.3 is 10.6 Å². The smallest absolute Gasteiger partial charge is 0.220 e. The van der Waals surface area contributed by atoms with Gasteiger partial charge in [0.05, 0.1) is 4.70 Å². The first-order valence-electron chi connectivity index (χ1n) is 6.68. The van der Waals surface area contributed by atoms with E-state index >= 15 is 0 Å². The van der Waals surface area contributed by atoms with Crippen LogP contribution in [0.25, 0.3) is 10.1 Å². The van der Waals surface area contributed by atoms with Crippen molar-refractivity contribution in [2.24, 2.45) is 5.92 Å². The predicted octanol–water partition coefficient (Wildman–Crippen LogP) is 2.62. The molecule has 1 aromatic carbocycles. The minimum atomic E-state index is 0.174. The van der Waals surface area contributed by atoms with Gasteiger partial charge in [0.1, 0.15) is 5.82 Å². The number of carbonyl (C=O) groups is 1. The van der Waals surface area contributed by atoms with Crippen LogP contribution in [0.3, 0.4) is 0 Å². The molecular formula is C14H17N3OS. The van der Waals surface area contributed by atoms with Crippen LogP contribution < -0.4 is 10.6 Å². The lowest BCUT2D eigenvalue weighted by Crippen LogP contribution is -2.28. The summed E-state index contributed by atoms with van der Waals surface area (Å²) < 4.78 is 5.57. The Bertz CT molecular complexity index is 577. The van der Waals surface area contributed by atoms with Gasteiger partial charge in [0.25, 0.3) is 0 Å². The Morgan fingerprint density at radius 3 is 3.00 bits per heavy atom. The van der Waals surface area contributed by atoms with Crippen LogP contribution in [0.5, 0.6) is 0 Å². The average Bonchev–Trinajstić information content (AvgIpc) is 3.14. The molecule has 1 aliphatic carbocycles. The first kappa shape index (κ1) is 12.4. The second kappa shape index (κ2) is 5.57. The number of nitrogens with one attached hydrogen (secondary N) is 2. The van der Waals surface area contributed by atoms with Crippen LogP contribution in [0.2, 0.25) is 0 Å². The number of aromatic nitrogens is 1. The summed E-state index contributed by atoms with van der Waals surface area (Å²) in [6.07, 6.45) is 3.13. The number of nitrogens with zero attached hydrogens (tertiary/aromatic N) is 1. The van der Waals surface area contributed by atoms with Crippen molar-refractivity contribution in [3.63, 3.8) is 0 Å². The number of fused-ring (bicyclic) bond motifs is 1. The summed E-state index contributed by atoms with van der Waals surface area (Å²) in [6, 6.07) is 8.16. The first-order chi connectivity index (χ1) is 9.33. The Morgan fingerprint density at radius 1 is 1.32 bits per heavy atom. The third-order valence-electron chi connectivity index (χ3n) is 3.29. The number of benzene rings is 1. The molecule has 0 spiro atoms. The zero-order chi connectivity index (χ0) is 13.1. The molecule has 2 aromatic rings. The van der Waals surface area contributed by atoms with Gasteiger partial charge in [-0.15, -0.1) is 0 Å². The third kappa shape index (κ3) is 3.23. The predicted molar refractivity (Wildman–Crippen MR) is 78.5 cm³/mol. The average molecular weight is 275 g/mol. The number of hydrogen-bond acceptors (Lipinski definition) is 4.